The second kappa shape index (κ2) is 6.27. The van der Waals surface area contributed by atoms with Crippen LogP contribution in [0, 0.1) is 5.82 Å². The van der Waals surface area contributed by atoms with Gasteiger partial charge < -0.3 is 10.6 Å². The van der Waals surface area contributed by atoms with E-state index in [1.54, 1.807) is 6.07 Å². The van der Waals surface area contributed by atoms with Crippen LogP contribution in [0.1, 0.15) is 23.1 Å². The summed E-state index contributed by atoms with van der Waals surface area (Å²) in [5, 5.41) is 0. The predicted molar refractivity (Wildman–Crippen MR) is 85.0 cm³/mol. The van der Waals surface area contributed by atoms with Crippen molar-refractivity contribution < 1.29 is 4.39 Å². The van der Waals surface area contributed by atoms with Crippen molar-refractivity contribution in [3.8, 4) is 0 Å². The zero-order valence-corrected chi connectivity index (χ0v) is 12.2. The van der Waals surface area contributed by atoms with Gasteiger partial charge in [-0.05, 0) is 54.6 Å². The fourth-order valence-corrected chi connectivity index (χ4v) is 3.04. The first-order valence-electron chi connectivity index (χ1n) is 7.58. The monoisotopic (exact) mass is 284 g/mol. The molecule has 2 aromatic rings. The second-order valence-electron chi connectivity index (χ2n) is 5.62. The minimum Gasteiger partial charge on any atom is -0.365 e. The van der Waals surface area contributed by atoms with Crippen molar-refractivity contribution in [3.05, 3.63) is 65.0 Å². The standard InChI is InChI=1S/C18H21FN2/c19-17-12-14(9-10-20)7-8-18(17)21-11-3-6-15-4-1-2-5-16(15)13-21/h1-2,4-5,7-8,12H,3,6,9-11,13,20H2. The lowest BCUT2D eigenvalue weighted by Crippen LogP contribution is -2.23. The molecule has 0 spiro atoms. The van der Waals surface area contributed by atoms with Gasteiger partial charge in [-0.1, -0.05) is 30.3 Å². The first kappa shape index (κ1) is 14.1. The Labute approximate surface area is 125 Å². The second-order valence-corrected chi connectivity index (χ2v) is 5.62. The molecule has 1 aliphatic heterocycles. The van der Waals surface area contributed by atoms with E-state index in [0.29, 0.717) is 12.2 Å². The summed E-state index contributed by atoms with van der Waals surface area (Å²) < 4.78 is 14.4. The Morgan fingerprint density at radius 1 is 1.10 bits per heavy atom. The summed E-state index contributed by atoms with van der Waals surface area (Å²) in [6.45, 7) is 2.22. The number of hydrogen-bond acceptors (Lipinski definition) is 2. The molecule has 3 heteroatoms. The molecule has 2 N–H and O–H groups in total. The summed E-state index contributed by atoms with van der Waals surface area (Å²) in [7, 11) is 0. The van der Waals surface area contributed by atoms with Crippen LogP contribution in [0.2, 0.25) is 0 Å². The van der Waals surface area contributed by atoms with Crippen molar-refractivity contribution >= 4 is 5.69 Å². The maximum atomic E-state index is 14.4. The third kappa shape index (κ3) is 3.08. The molecule has 0 atom stereocenters. The van der Waals surface area contributed by atoms with Gasteiger partial charge in [-0.25, -0.2) is 4.39 Å². The number of anilines is 1. The zero-order valence-electron chi connectivity index (χ0n) is 12.2. The third-order valence-corrected chi connectivity index (χ3v) is 4.14. The summed E-state index contributed by atoms with van der Waals surface area (Å²) in [5.74, 6) is -0.139. The Morgan fingerprint density at radius 3 is 2.67 bits per heavy atom. The number of halogens is 1. The highest BCUT2D eigenvalue weighted by atomic mass is 19.1. The lowest BCUT2D eigenvalue weighted by molar-refractivity contribution is 0.612. The normalized spacial score (nSPS) is 14.7. The molecule has 0 unspecified atom stereocenters. The molecule has 0 saturated carbocycles. The van der Waals surface area contributed by atoms with Crippen molar-refractivity contribution in [3.63, 3.8) is 0 Å². The lowest BCUT2D eigenvalue weighted by atomic mass is 10.0. The van der Waals surface area contributed by atoms with Crippen molar-refractivity contribution in [1.82, 2.24) is 0 Å². The van der Waals surface area contributed by atoms with Crippen LogP contribution in [0.25, 0.3) is 0 Å². The molecule has 0 aromatic heterocycles. The number of nitrogens with two attached hydrogens (primary N) is 1. The van der Waals surface area contributed by atoms with Gasteiger partial charge in [-0.15, -0.1) is 0 Å². The fourth-order valence-electron chi connectivity index (χ4n) is 3.04. The fraction of sp³-hybridized carbons (Fsp3) is 0.333. The molecule has 0 fully saturated rings. The lowest BCUT2D eigenvalue weighted by Gasteiger charge is -2.24. The molecule has 0 bridgehead atoms. The largest absolute Gasteiger partial charge is 0.365 e. The van der Waals surface area contributed by atoms with Gasteiger partial charge in [0.25, 0.3) is 0 Å². The van der Waals surface area contributed by atoms with Crippen LogP contribution in [-0.2, 0) is 19.4 Å². The van der Waals surface area contributed by atoms with Crippen molar-refractivity contribution in [2.45, 2.75) is 25.8 Å². The summed E-state index contributed by atoms with van der Waals surface area (Å²) >= 11 is 0. The summed E-state index contributed by atoms with van der Waals surface area (Å²) in [6, 6.07) is 14.0. The van der Waals surface area contributed by atoms with E-state index in [-0.39, 0.29) is 5.82 Å². The minimum atomic E-state index is -0.139. The SMILES string of the molecule is NCCc1ccc(N2CCCc3ccccc3C2)c(F)c1. The van der Waals surface area contributed by atoms with E-state index in [1.165, 1.54) is 11.1 Å². The van der Waals surface area contributed by atoms with Gasteiger partial charge in [0, 0.05) is 13.1 Å². The van der Waals surface area contributed by atoms with Crippen molar-refractivity contribution in [2.75, 3.05) is 18.0 Å². The van der Waals surface area contributed by atoms with Crippen LogP contribution < -0.4 is 10.6 Å². The van der Waals surface area contributed by atoms with E-state index in [1.807, 2.05) is 12.1 Å². The van der Waals surface area contributed by atoms with Crippen LogP contribution in [0.5, 0.6) is 0 Å². The average molecular weight is 284 g/mol. The molecule has 110 valence electrons. The number of nitrogens with zero attached hydrogens (tertiary/aromatic N) is 1. The Morgan fingerprint density at radius 2 is 1.90 bits per heavy atom. The number of benzene rings is 2. The zero-order chi connectivity index (χ0) is 14.7. The topological polar surface area (TPSA) is 29.3 Å². The van der Waals surface area contributed by atoms with Crippen LogP contribution in [0.15, 0.2) is 42.5 Å². The van der Waals surface area contributed by atoms with Gasteiger partial charge in [0.05, 0.1) is 5.69 Å². The van der Waals surface area contributed by atoms with Crippen LogP contribution in [-0.4, -0.2) is 13.1 Å². The molecule has 1 heterocycles. The molecule has 0 aliphatic carbocycles. The quantitative estimate of drug-likeness (QED) is 0.937. The molecule has 0 saturated heterocycles. The van der Waals surface area contributed by atoms with Gasteiger partial charge in [0.2, 0.25) is 0 Å². The number of hydrogen-bond donors (Lipinski definition) is 1. The minimum absolute atomic E-state index is 0.139. The Kier molecular flexibility index (Phi) is 4.20. The van der Waals surface area contributed by atoms with E-state index in [9.17, 15) is 4.39 Å². The number of aryl methyl sites for hydroxylation is 1. The molecule has 1 aliphatic rings. The van der Waals surface area contributed by atoms with E-state index >= 15 is 0 Å². The number of fused-ring (bicyclic) bond motifs is 1. The predicted octanol–water partition coefficient (Wildman–Crippen LogP) is 3.28. The Balaban J connectivity index is 1.87. The van der Waals surface area contributed by atoms with Crippen LogP contribution in [0.3, 0.4) is 0 Å². The first-order chi connectivity index (χ1) is 10.3. The van der Waals surface area contributed by atoms with Gasteiger partial charge in [0.15, 0.2) is 0 Å². The summed E-state index contributed by atoms with van der Waals surface area (Å²) in [5.41, 5.74) is 9.90. The van der Waals surface area contributed by atoms with E-state index in [2.05, 4.69) is 29.2 Å². The molecule has 0 radical (unpaired) electrons. The maximum absolute atomic E-state index is 14.4. The molecule has 2 nitrogen and oxygen atoms in total. The van der Waals surface area contributed by atoms with E-state index < -0.39 is 0 Å². The Bertz CT molecular complexity index is 624. The molecular formula is C18H21FN2. The van der Waals surface area contributed by atoms with Gasteiger partial charge >= 0.3 is 0 Å². The Hall–Kier alpha value is -1.87. The molecule has 2 aromatic carbocycles. The van der Waals surface area contributed by atoms with E-state index in [4.69, 9.17) is 5.73 Å². The van der Waals surface area contributed by atoms with Gasteiger partial charge in [-0.3, -0.25) is 0 Å². The number of rotatable bonds is 3. The highest BCUT2D eigenvalue weighted by Crippen LogP contribution is 2.26. The van der Waals surface area contributed by atoms with Crippen LogP contribution >= 0.6 is 0 Å². The highest BCUT2D eigenvalue weighted by Gasteiger charge is 2.17. The summed E-state index contributed by atoms with van der Waals surface area (Å²) in [6.07, 6.45) is 2.85. The van der Waals surface area contributed by atoms with E-state index in [0.717, 1.165) is 37.9 Å². The third-order valence-electron chi connectivity index (χ3n) is 4.14. The molecule has 3 rings (SSSR count). The molecule has 21 heavy (non-hydrogen) atoms. The van der Waals surface area contributed by atoms with Crippen LogP contribution in [0.4, 0.5) is 10.1 Å². The first-order valence-corrected chi connectivity index (χ1v) is 7.58. The van der Waals surface area contributed by atoms with Gasteiger partial charge in [0.1, 0.15) is 5.82 Å². The maximum Gasteiger partial charge on any atom is 0.146 e. The smallest absolute Gasteiger partial charge is 0.146 e. The molecular weight excluding hydrogens is 263 g/mol. The van der Waals surface area contributed by atoms with Crippen molar-refractivity contribution in [1.29, 1.82) is 0 Å². The average Bonchev–Trinajstić information content (AvgIpc) is 2.70. The highest BCUT2D eigenvalue weighted by molar-refractivity contribution is 5.51. The van der Waals surface area contributed by atoms with Gasteiger partial charge in [-0.2, -0.15) is 0 Å². The molecule has 0 amide bonds. The van der Waals surface area contributed by atoms with Crippen molar-refractivity contribution in [2.24, 2.45) is 5.73 Å². The summed E-state index contributed by atoms with van der Waals surface area (Å²) in [4.78, 5) is 2.15.